The van der Waals surface area contributed by atoms with Crippen molar-refractivity contribution in [2.45, 2.75) is 6.04 Å². The molecule has 1 saturated heterocycles. The highest BCUT2D eigenvalue weighted by Crippen LogP contribution is 2.22. The van der Waals surface area contributed by atoms with E-state index in [1.807, 2.05) is 0 Å². The lowest BCUT2D eigenvalue weighted by molar-refractivity contribution is -0.140. The number of carboxylic acid groups (broad SMARTS) is 1. The van der Waals surface area contributed by atoms with Gasteiger partial charge in [0.25, 0.3) is 0 Å². The second-order valence-corrected chi connectivity index (χ2v) is 4.98. The van der Waals surface area contributed by atoms with Crippen LogP contribution in [0.1, 0.15) is 5.56 Å². The first-order valence-electron chi connectivity index (χ1n) is 5.56. The molecular formula is C13H12N2O3S. The van der Waals surface area contributed by atoms with Gasteiger partial charge in [-0.1, -0.05) is 12.0 Å². The maximum Gasteiger partial charge on any atom is 0.327 e. The number of thioether (sulfide) groups is 1. The molecule has 98 valence electrons. The largest absolute Gasteiger partial charge is 0.480 e. The first-order chi connectivity index (χ1) is 9.11. The van der Waals surface area contributed by atoms with Crippen LogP contribution in [0.15, 0.2) is 24.3 Å². The minimum atomic E-state index is -0.988. The summed E-state index contributed by atoms with van der Waals surface area (Å²) in [6, 6.07) is 5.65. The van der Waals surface area contributed by atoms with Crippen molar-refractivity contribution in [2.75, 3.05) is 16.9 Å². The Morgan fingerprint density at radius 1 is 1.53 bits per heavy atom. The Morgan fingerprint density at radius 3 is 3.00 bits per heavy atom. The molecular weight excluding hydrogens is 264 g/mol. The average molecular weight is 276 g/mol. The van der Waals surface area contributed by atoms with E-state index in [0.717, 1.165) is 0 Å². The minimum absolute atomic E-state index is 0.373. The molecule has 0 bridgehead atoms. The number of benzene rings is 1. The molecule has 0 aromatic heterocycles. The van der Waals surface area contributed by atoms with Crippen LogP contribution in [-0.4, -0.2) is 39.7 Å². The molecule has 0 saturated carbocycles. The zero-order valence-electron chi connectivity index (χ0n) is 10.00. The summed E-state index contributed by atoms with van der Waals surface area (Å²) in [5.74, 6) is 2.27. The van der Waals surface area contributed by atoms with Crippen LogP contribution >= 0.6 is 11.8 Å². The van der Waals surface area contributed by atoms with E-state index in [1.165, 1.54) is 16.7 Å². The number of nitrogens with one attached hydrogen (secondary N) is 1. The van der Waals surface area contributed by atoms with Gasteiger partial charge in [0.05, 0.1) is 5.88 Å². The Hall–Kier alpha value is -2.13. The van der Waals surface area contributed by atoms with Gasteiger partial charge in [-0.25, -0.2) is 9.59 Å². The third-order valence-corrected chi connectivity index (χ3v) is 3.72. The molecule has 19 heavy (non-hydrogen) atoms. The van der Waals surface area contributed by atoms with E-state index in [0.29, 0.717) is 22.9 Å². The number of hydrogen-bond acceptors (Lipinski definition) is 3. The number of amides is 2. The van der Waals surface area contributed by atoms with Gasteiger partial charge in [-0.3, -0.25) is 0 Å². The van der Waals surface area contributed by atoms with E-state index in [-0.39, 0.29) is 0 Å². The third-order valence-electron chi connectivity index (χ3n) is 2.71. The molecule has 1 heterocycles. The highest BCUT2D eigenvalue weighted by atomic mass is 32.2. The maximum atomic E-state index is 12.0. The summed E-state index contributed by atoms with van der Waals surface area (Å²) in [5, 5.41) is 11.7. The molecule has 1 aromatic rings. The molecule has 5 nitrogen and oxygen atoms in total. The Balaban J connectivity index is 2.08. The van der Waals surface area contributed by atoms with Crippen molar-refractivity contribution in [1.82, 2.24) is 4.90 Å². The summed E-state index contributed by atoms with van der Waals surface area (Å²) in [7, 11) is 0. The van der Waals surface area contributed by atoms with Crippen molar-refractivity contribution in [3.8, 4) is 12.3 Å². The van der Waals surface area contributed by atoms with Crippen LogP contribution in [0.25, 0.3) is 0 Å². The van der Waals surface area contributed by atoms with E-state index in [4.69, 9.17) is 11.5 Å². The summed E-state index contributed by atoms with van der Waals surface area (Å²) < 4.78 is 0. The molecule has 1 aliphatic rings. The standard InChI is InChI=1S/C13H12N2O3S/c1-2-9-4-3-5-10(6-9)14-13(18)15-8-19-7-11(15)12(16)17/h1,3-6,11H,7-8H2,(H,14,18)(H,16,17)/t11-/m0/s1. The number of carbonyl (C=O) groups excluding carboxylic acids is 1. The Bertz CT molecular complexity index is 553. The molecule has 1 fully saturated rings. The lowest BCUT2D eigenvalue weighted by atomic mass is 10.2. The first-order valence-corrected chi connectivity index (χ1v) is 6.72. The van der Waals surface area contributed by atoms with Crippen LogP contribution in [0.3, 0.4) is 0 Å². The molecule has 2 N–H and O–H groups in total. The number of nitrogens with zero attached hydrogens (tertiary/aromatic N) is 1. The Kier molecular flexibility index (Phi) is 3.97. The van der Waals surface area contributed by atoms with Crippen LogP contribution in [-0.2, 0) is 4.79 Å². The molecule has 0 radical (unpaired) electrons. The monoisotopic (exact) mass is 276 g/mol. The van der Waals surface area contributed by atoms with Crippen molar-refractivity contribution in [3.63, 3.8) is 0 Å². The van der Waals surface area contributed by atoms with Crippen LogP contribution in [0.5, 0.6) is 0 Å². The zero-order valence-corrected chi connectivity index (χ0v) is 10.8. The van der Waals surface area contributed by atoms with E-state index in [1.54, 1.807) is 24.3 Å². The SMILES string of the molecule is C#Cc1cccc(NC(=O)N2CSC[C@H]2C(=O)O)c1. The average Bonchev–Trinajstić information content (AvgIpc) is 2.88. The van der Waals surface area contributed by atoms with Crippen LogP contribution in [0.2, 0.25) is 0 Å². The third kappa shape index (κ3) is 3.01. The highest BCUT2D eigenvalue weighted by molar-refractivity contribution is 7.99. The van der Waals surface area contributed by atoms with Gasteiger partial charge in [-0.05, 0) is 18.2 Å². The lowest BCUT2D eigenvalue weighted by Crippen LogP contribution is -2.43. The van der Waals surface area contributed by atoms with Crippen molar-refractivity contribution >= 4 is 29.4 Å². The second-order valence-electron chi connectivity index (χ2n) is 3.98. The number of aliphatic carboxylic acids is 1. The molecule has 1 aromatic carbocycles. The summed E-state index contributed by atoms with van der Waals surface area (Å²) >= 11 is 1.42. The minimum Gasteiger partial charge on any atom is -0.480 e. The van der Waals surface area contributed by atoms with Gasteiger partial charge in [-0.15, -0.1) is 18.2 Å². The molecule has 0 aliphatic carbocycles. The van der Waals surface area contributed by atoms with Gasteiger partial charge in [-0.2, -0.15) is 0 Å². The smallest absolute Gasteiger partial charge is 0.327 e. The quantitative estimate of drug-likeness (QED) is 0.806. The number of rotatable bonds is 2. The zero-order chi connectivity index (χ0) is 13.8. The van der Waals surface area contributed by atoms with E-state index in [2.05, 4.69) is 11.2 Å². The summed E-state index contributed by atoms with van der Waals surface area (Å²) in [5.41, 5.74) is 1.21. The predicted molar refractivity (Wildman–Crippen MR) is 74.0 cm³/mol. The highest BCUT2D eigenvalue weighted by Gasteiger charge is 2.34. The van der Waals surface area contributed by atoms with Crippen molar-refractivity contribution in [1.29, 1.82) is 0 Å². The summed E-state index contributed by atoms with van der Waals surface area (Å²) in [4.78, 5) is 24.3. The summed E-state index contributed by atoms with van der Waals surface area (Å²) in [6.45, 7) is 0. The number of carbonyl (C=O) groups is 2. The van der Waals surface area contributed by atoms with Gasteiger partial charge in [0, 0.05) is 17.0 Å². The molecule has 6 heteroatoms. The van der Waals surface area contributed by atoms with Crippen LogP contribution in [0.4, 0.5) is 10.5 Å². The number of urea groups is 1. The second kappa shape index (κ2) is 5.67. The number of anilines is 1. The molecule has 2 amide bonds. The number of carboxylic acids is 1. The van der Waals surface area contributed by atoms with E-state index < -0.39 is 18.0 Å². The van der Waals surface area contributed by atoms with Crippen molar-refractivity contribution in [2.24, 2.45) is 0 Å². The van der Waals surface area contributed by atoms with Gasteiger partial charge >= 0.3 is 12.0 Å². The first kappa shape index (κ1) is 13.3. The van der Waals surface area contributed by atoms with E-state index in [9.17, 15) is 9.59 Å². The van der Waals surface area contributed by atoms with Crippen molar-refractivity contribution in [3.05, 3.63) is 29.8 Å². The van der Waals surface area contributed by atoms with Gasteiger partial charge < -0.3 is 15.3 Å². The fourth-order valence-electron chi connectivity index (χ4n) is 1.73. The maximum absolute atomic E-state index is 12.0. The number of hydrogen-bond donors (Lipinski definition) is 2. The number of terminal acetylenes is 1. The Morgan fingerprint density at radius 2 is 2.32 bits per heavy atom. The lowest BCUT2D eigenvalue weighted by Gasteiger charge is -2.20. The van der Waals surface area contributed by atoms with E-state index >= 15 is 0 Å². The normalized spacial score (nSPS) is 17.8. The van der Waals surface area contributed by atoms with Crippen LogP contribution in [0, 0.1) is 12.3 Å². The van der Waals surface area contributed by atoms with Crippen LogP contribution < -0.4 is 5.32 Å². The fourth-order valence-corrected chi connectivity index (χ4v) is 2.87. The molecule has 1 atom stereocenters. The van der Waals surface area contributed by atoms with Crippen molar-refractivity contribution < 1.29 is 14.7 Å². The molecule has 2 rings (SSSR count). The Labute approximate surface area is 115 Å². The van der Waals surface area contributed by atoms with Gasteiger partial charge in [0.15, 0.2) is 0 Å². The molecule has 0 spiro atoms. The summed E-state index contributed by atoms with van der Waals surface area (Å²) in [6.07, 6.45) is 5.28. The predicted octanol–water partition coefficient (Wildman–Crippen LogP) is 1.66. The fraction of sp³-hybridized carbons (Fsp3) is 0.231. The van der Waals surface area contributed by atoms with Gasteiger partial charge in [0.1, 0.15) is 6.04 Å². The molecule has 1 aliphatic heterocycles. The molecule has 0 unspecified atom stereocenters. The van der Waals surface area contributed by atoms with Gasteiger partial charge in [0.2, 0.25) is 0 Å². The topological polar surface area (TPSA) is 69.6 Å².